The molecule has 2 aromatic heterocycles. The van der Waals surface area contributed by atoms with Crippen LogP contribution in [0.5, 0.6) is 0 Å². The van der Waals surface area contributed by atoms with E-state index in [2.05, 4.69) is 19.9 Å². The molecule has 0 saturated heterocycles. The monoisotopic (exact) mass is 273 g/mol. The predicted octanol–water partition coefficient (Wildman–Crippen LogP) is 0.235. The number of hydrogen-bond donors (Lipinski definition) is 3. The molecule has 0 amide bonds. The number of rotatable bonds is 4. The number of nitrogen functional groups attached to an aromatic ring is 1. The molecule has 0 aliphatic heterocycles. The number of nitrogens with two attached hydrogens (primary N) is 1. The highest BCUT2D eigenvalue weighted by molar-refractivity contribution is 7.89. The van der Waals surface area contributed by atoms with Gasteiger partial charge in [0, 0.05) is 17.6 Å². The van der Waals surface area contributed by atoms with E-state index >= 15 is 0 Å². The molecule has 0 spiro atoms. The van der Waals surface area contributed by atoms with Crippen molar-refractivity contribution in [3.63, 3.8) is 0 Å². The quantitative estimate of drug-likeness (QED) is 0.738. The van der Waals surface area contributed by atoms with Crippen LogP contribution in [0.2, 0.25) is 0 Å². The molecule has 0 aliphatic carbocycles. The van der Waals surface area contributed by atoms with Crippen LogP contribution in [0.3, 0.4) is 0 Å². The first-order valence-electron chi connectivity index (χ1n) is 4.69. The largest absolute Gasteiger partial charge is 0.383 e. The standard InChI is InChI=1S/C8H11N5O2S2/c1-5-10-2-6(16-5)3-12-17(14,15)7-4-11-13-8(7)9/h2,4,12H,3H2,1H3,(H3,9,11,13). The Bertz CT molecular complexity index is 615. The normalized spacial score (nSPS) is 11.8. The molecule has 0 aliphatic rings. The van der Waals surface area contributed by atoms with E-state index in [1.54, 1.807) is 6.20 Å². The minimum absolute atomic E-state index is 0.0259. The zero-order valence-electron chi connectivity index (χ0n) is 8.97. The van der Waals surface area contributed by atoms with E-state index in [1.165, 1.54) is 17.5 Å². The van der Waals surface area contributed by atoms with Crippen LogP contribution in [0.1, 0.15) is 9.88 Å². The lowest BCUT2D eigenvalue weighted by Crippen LogP contribution is -2.23. The first-order chi connectivity index (χ1) is 7.99. The van der Waals surface area contributed by atoms with E-state index in [-0.39, 0.29) is 17.3 Å². The van der Waals surface area contributed by atoms with Gasteiger partial charge in [-0.15, -0.1) is 11.3 Å². The van der Waals surface area contributed by atoms with Crippen molar-refractivity contribution in [2.45, 2.75) is 18.4 Å². The Morgan fingerprint density at radius 1 is 1.53 bits per heavy atom. The van der Waals surface area contributed by atoms with Crippen LogP contribution in [0.25, 0.3) is 0 Å². The predicted molar refractivity (Wildman–Crippen MR) is 63.9 cm³/mol. The number of nitrogens with one attached hydrogen (secondary N) is 2. The average molecular weight is 273 g/mol. The molecular weight excluding hydrogens is 262 g/mol. The summed E-state index contributed by atoms with van der Waals surface area (Å²) in [4.78, 5) is 4.84. The minimum atomic E-state index is -3.63. The second kappa shape index (κ2) is 4.43. The molecular formula is C8H11N5O2S2. The third kappa shape index (κ3) is 2.62. The van der Waals surface area contributed by atoms with Crippen LogP contribution in [-0.2, 0) is 16.6 Å². The molecule has 92 valence electrons. The maximum atomic E-state index is 11.8. The molecule has 17 heavy (non-hydrogen) atoms. The summed E-state index contributed by atoms with van der Waals surface area (Å²) >= 11 is 1.44. The van der Waals surface area contributed by atoms with E-state index in [0.29, 0.717) is 0 Å². The summed E-state index contributed by atoms with van der Waals surface area (Å²) in [5.41, 5.74) is 5.45. The highest BCUT2D eigenvalue weighted by Crippen LogP contribution is 2.16. The molecule has 9 heteroatoms. The molecule has 2 rings (SSSR count). The van der Waals surface area contributed by atoms with Crippen LogP contribution in [0.15, 0.2) is 17.3 Å². The summed E-state index contributed by atoms with van der Waals surface area (Å²) in [5, 5.41) is 6.83. The Balaban J connectivity index is 2.11. The lowest BCUT2D eigenvalue weighted by molar-refractivity contribution is 0.582. The molecule has 0 aromatic carbocycles. The molecule has 4 N–H and O–H groups in total. The summed E-state index contributed by atoms with van der Waals surface area (Å²) < 4.78 is 26.1. The van der Waals surface area contributed by atoms with E-state index in [1.807, 2.05) is 6.92 Å². The Morgan fingerprint density at radius 2 is 2.29 bits per heavy atom. The molecule has 0 radical (unpaired) electrons. The fraction of sp³-hybridized carbons (Fsp3) is 0.250. The smallest absolute Gasteiger partial charge is 0.246 e. The van der Waals surface area contributed by atoms with Crippen molar-refractivity contribution in [1.29, 1.82) is 0 Å². The highest BCUT2D eigenvalue weighted by atomic mass is 32.2. The third-order valence-corrected chi connectivity index (χ3v) is 4.37. The third-order valence-electron chi connectivity index (χ3n) is 2.03. The summed E-state index contributed by atoms with van der Waals surface area (Å²) in [6.07, 6.45) is 2.82. The summed E-state index contributed by atoms with van der Waals surface area (Å²) in [6, 6.07) is 0. The van der Waals surface area contributed by atoms with Gasteiger partial charge >= 0.3 is 0 Å². The zero-order chi connectivity index (χ0) is 12.5. The topological polar surface area (TPSA) is 114 Å². The first kappa shape index (κ1) is 12.0. The van der Waals surface area contributed by atoms with Crippen molar-refractivity contribution < 1.29 is 8.42 Å². The number of H-pyrrole nitrogens is 1. The lowest BCUT2D eigenvalue weighted by Gasteiger charge is -2.03. The van der Waals surface area contributed by atoms with Gasteiger partial charge in [0.2, 0.25) is 10.0 Å². The van der Waals surface area contributed by atoms with Crippen LogP contribution < -0.4 is 10.5 Å². The van der Waals surface area contributed by atoms with E-state index < -0.39 is 10.0 Å². The SMILES string of the molecule is Cc1ncc(CNS(=O)(=O)c2cn[nH]c2N)s1. The van der Waals surface area contributed by atoms with Crippen molar-refractivity contribution >= 4 is 27.2 Å². The fourth-order valence-corrected chi connectivity index (χ4v) is 3.08. The van der Waals surface area contributed by atoms with Crippen molar-refractivity contribution in [2.24, 2.45) is 0 Å². The minimum Gasteiger partial charge on any atom is -0.383 e. The zero-order valence-corrected chi connectivity index (χ0v) is 10.6. The Morgan fingerprint density at radius 3 is 2.82 bits per heavy atom. The number of anilines is 1. The van der Waals surface area contributed by atoms with Crippen molar-refractivity contribution in [1.82, 2.24) is 19.9 Å². The average Bonchev–Trinajstić information content (AvgIpc) is 2.85. The number of aryl methyl sites for hydroxylation is 1. The van der Waals surface area contributed by atoms with Crippen LogP contribution in [-0.4, -0.2) is 23.6 Å². The number of hydrogen-bond acceptors (Lipinski definition) is 6. The first-order valence-corrected chi connectivity index (χ1v) is 6.99. The van der Waals surface area contributed by atoms with Gasteiger partial charge in [0.25, 0.3) is 0 Å². The van der Waals surface area contributed by atoms with Gasteiger partial charge in [-0.3, -0.25) is 5.10 Å². The maximum Gasteiger partial charge on any atom is 0.246 e. The Hall–Kier alpha value is -1.45. The number of aromatic amines is 1. The summed E-state index contributed by atoms with van der Waals surface area (Å²) in [6.45, 7) is 2.05. The van der Waals surface area contributed by atoms with Crippen LogP contribution in [0.4, 0.5) is 5.82 Å². The van der Waals surface area contributed by atoms with Gasteiger partial charge in [0.1, 0.15) is 10.7 Å². The Labute approximate surface area is 102 Å². The Kier molecular flexibility index (Phi) is 3.13. The molecule has 7 nitrogen and oxygen atoms in total. The van der Waals surface area contributed by atoms with Gasteiger partial charge < -0.3 is 5.73 Å². The molecule has 0 unspecified atom stereocenters. The second-order valence-corrected chi connectivity index (χ2v) is 6.37. The van der Waals surface area contributed by atoms with Gasteiger partial charge in [0.05, 0.1) is 11.2 Å². The molecule has 2 aromatic rings. The number of aromatic nitrogens is 3. The number of thiazole rings is 1. The van der Waals surface area contributed by atoms with E-state index in [0.717, 1.165) is 9.88 Å². The maximum absolute atomic E-state index is 11.8. The molecule has 0 saturated carbocycles. The van der Waals surface area contributed by atoms with Gasteiger partial charge in [0.15, 0.2) is 0 Å². The van der Waals surface area contributed by atoms with Gasteiger partial charge in [-0.05, 0) is 6.92 Å². The summed E-state index contributed by atoms with van der Waals surface area (Å²) in [5.74, 6) is 0.0259. The highest BCUT2D eigenvalue weighted by Gasteiger charge is 2.19. The number of nitrogens with zero attached hydrogens (tertiary/aromatic N) is 2. The van der Waals surface area contributed by atoms with Crippen molar-refractivity contribution in [3.05, 3.63) is 22.3 Å². The lowest BCUT2D eigenvalue weighted by atomic mass is 10.6. The van der Waals surface area contributed by atoms with Crippen molar-refractivity contribution in [2.75, 3.05) is 5.73 Å². The molecule has 2 heterocycles. The van der Waals surface area contributed by atoms with Crippen LogP contribution in [0, 0.1) is 6.92 Å². The van der Waals surface area contributed by atoms with Gasteiger partial charge in [-0.1, -0.05) is 0 Å². The van der Waals surface area contributed by atoms with E-state index in [9.17, 15) is 8.42 Å². The summed E-state index contributed by atoms with van der Waals surface area (Å²) in [7, 11) is -3.63. The molecule has 0 bridgehead atoms. The van der Waals surface area contributed by atoms with Crippen LogP contribution >= 0.6 is 11.3 Å². The second-order valence-electron chi connectivity index (χ2n) is 3.32. The molecule has 0 atom stereocenters. The van der Waals surface area contributed by atoms with Gasteiger partial charge in [-0.2, -0.15) is 5.10 Å². The van der Waals surface area contributed by atoms with Gasteiger partial charge in [-0.25, -0.2) is 18.1 Å². The van der Waals surface area contributed by atoms with E-state index in [4.69, 9.17) is 5.73 Å². The van der Waals surface area contributed by atoms with Crippen molar-refractivity contribution in [3.8, 4) is 0 Å². The number of sulfonamides is 1. The fourth-order valence-electron chi connectivity index (χ4n) is 1.23. The molecule has 0 fully saturated rings.